The quantitative estimate of drug-likeness (QED) is 0.130. The molecule has 10 heteroatoms. The number of carbonyl (C=O) groups is 3. The van der Waals surface area contributed by atoms with Gasteiger partial charge in [-0.1, -0.05) is 89.9 Å². The number of hydrogen-bond acceptors (Lipinski definition) is 4. The molecule has 0 atom stereocenters. The van der Waals surface area contributed by atoms with Crippen LogP contribution in [0, 0.1) is 0 Å². The smallest absolute Gasteiger partial charge is 0.256 e. The van der Waals surface area contributed by atoms with Crippen molar-refractivity contribution in [1.82, 2.24) is 15.2 Å². The number of carbonyl (C=O) groups excluding carboxylic acids is 3. The van der Waals surface area contributed by atoms with Gasteiger partial charge in [-0.05, 0) is 72.6 Å². The molecule has 0 spiro atoms. The number of nitrogens with one attached hydrogen (secondary N) is 4. The summed E-state index contributed by atoms with van der Waals surface area (Å²) in [6, 6.07) is 21.4. The lowest BCUT2D eigenvalue weighted by molar-refractivity contribution is -0.115. The van der Waals surface area contributed by atoms with Crippen molar-refractivity contribution in [2.45, 2.75) is 40.0 Å². The third-order valence-electron chi connectivity index (χ3n) is 8.28. The third kappa shape index (κ3) is 7.94. The second kappa shape index (κ2) is 15.3. The van der Waals surface area contributed by atoms with Crippen molar-refractivity contribution in [3.8, 4) is 11.1 Å². The summed E-state index contributed by atoms with van der Waals surface area (Å²) in [5, 5.41) is 8.85. The van der Waals surface area contributed by atoms with Gasteiger partial charge in [0.15, 0.2) is 0 Å². The molecule has 4 aromatic rings. The lowest BCUT2D eigenvalue weighted by Crippen LogP contribution is -2.35. The average Bonchev–Trinajstić information content (AvgIpc) is 3.72. The molecule has 2 aliphatic heterocycles. The third-order valence-corrected chi connectivity index (χ3v) is 9.27. The molecule has 0 bridgehead atoms. The maximum Gasteiger partial charge on any atom is 0.256 e. The van der Waals surface area contributed by atoms with Crippen molar-refractivity contribution in [2.24, 2.45) is 0 Å². The van der Waals surface area contributed by atoms with E-state index in [1.54, 1.807) is 0 Å². The molecule has 0 unspecified atom stereocenters. The molecule has 6 rings (SSSR count). The van der Waals surface area contributed by atoms with Gasteiger partial charge in [-0.3, -0.25) is 14.4 Å². The number of H-pyrrole nitrogens is 1. The second-order valence-corrected chi connectivity index (χ2v) is 13.6. The van der Waals surface area contributed by atoms with Crippen LogP contribution in [0.5, 0.6) is 0 Å². The number of amides is 3. The minimum atomic E-state index is -0.159. The Bertz CT molecular complexity index is 1830. The lowest BCUT2D eigenvalue weighted by atomic mass is 9.95. The van der Waals surface area contributed by atoms with E-state index in [1.807, 2.05) is 72.8 Å². The number of fused-ring (bicyclic) bond motifs is 2. The highest BCUT2D eigenvalue weighted by atomic mass is 79.9. The van der Waals surface area contributed by atoms with Crippen LogP contribution in [-0.2, 0) is 16.0 Å². The summed E-state index contributed by atoms with van der Waals surface area (Å²) in [7, 11) is 0. The van der Waals surface area contributed by atoms with Crippen molar-refractivity contribution in [3.05, 3.63) is 104 Å². The molecule has 2 aliphatic rings. The molecular formula is C37H39Br2N5O3. The number of aromatic amines is 1. The van der Waals surface area contributed by atoms with Crippen LogP contribution in [0.2, 0.25) is 0 Å². The summed E-state index contributed by atoms with van der Waals surface area (Å²) in [6.07, 6.45) is 2.38. The summed E-state index contributed by atoms with van der Waals surface area (Å²) >= 11 is 6.86. The maximum absolute atomic E-state index is 13.6. The SMILES string of the molecule is CCN(CC)CCNC(=O)c1c(C(C)C)[nH]c(C=C2C(=O)Nc3ccc(Br)cc32)c1-c1ccccc1.O=C1Cc2cc(Br)ccc2N1. The van der Waals surface area contributed by atoms with E-state index in [4.69, 9.17) is 0 Å². The number of rotatable bonds is 9. The standard InChI is InChI=1S/C29H33BrN4O2.C8H6BrNO/c1-5-34(6-2)15-14-31-29(36)26-25(19-10-8-7-9-11-19)24(32-27(26)18(3)4)17-22-21-16-20(30)12-13-23(21)33-28(22)35;9-6-1-2-7-5(3-6)4-8(11)10-7/h7-13,16-18,32H,5-6,14-15H2,1-4H3,(H,31,36)(H,33,35);1-3H,4H2,(H,10,11). The van der Waals surface area contributed by atoms with Gasteiger partial charge in [0.1, 0.15) is 0 Å². The molecule has 3 heterocycles. The van der Waals surface area contributed by atoms with Crippen LogP contribution < -0.4 is 16.0 Å². The predicted molar refractivity (Wildman–Crippen MR) is 198 cm³/mol. The highest BCUT2D eigenvalue weighted by Crippen LogP contribution is 2.39. The first-order chi connectivity index (χ1) is 22.6. The predicted octanol–water partition coefficient (Wildman–Crippen LogP) is 8.08. The van der Waals surface area contributed by atoms with Crippen molar-refractivity contribution in [2.75, 3.05) is 36.8 Å². The van der Waals surface area contributed by atoms with E-state index in [0.29, 0.717) is 24.1 Å². The lowest BCUT2D eigenvalue weighted by Gasteiger charge is -2.18. The number of nitrogens with zero attached hydrogens (tertiary/aromatic N) is 1. The highest BCUT2D eigenvalue weighted by molar-refractivity contribution is 9.10. The van der Waals surface area contributed by atoms with Gasteiger partial charge in [-0.2, -0.15) is 0 Å². The molecule has 244 valence electrons. The fraction of sp³-hybridized carbons (Fsp3) is 0.270. The van der Waals surface area contributed by atoms with Gasteiger partial charge < -0.3 is 25.8 Å². The summed E-state index contributed by atoms with van der Waals surface area (Å²) < 4.78 is 1.92. The Hall–Kier alpha value is -3.99. The molecule has 3 aromatic carbocycles. The van der Waals surface area contributed by atoms with Crippen LogP contribution >= 0.6 is 31.9 Å². The molecule has 3 amide bonds. The first kappa shape index (κ1) is 34.3. The van der Waals surface area contributed by atoms with E-state index in [2.05, 4.69) is 85.4 Å². The van der Waals surface area contributed by atoms with Crippen LogP contribution in [0.1, 0.15) is 66.5 Å². The molecule has 0 fully saturated rings. The number of hydrogen-bond donors (Lipinski definition) is 4. The average molecular weight is 762 g/mol. The number of aromatic nitrogens is 1. The molecule has 0 aliphatic carbocycles. The maximum atomic E-state index is 13.6. The highest BCUT2D eigenvalue weighted by Gasteiger charge is 2.29. The molecule has 47 heavy (non-hydrogen) atoms. The summed E-state index contributed by atoms with van der Waals surface area (Å²) in [6.45, 7) is 11.6. The molecular weight excluding hydrogens is 722 g/mol. The van der Waals surface area contributed by atoms with Gasteiger partial charge in [0.25, 0.3) is 11.8 Å². The van der Waals surface area contributed by atoms with E-state index in [0.717, 1.165) is 73.6 Å². The molecule has 0 radical (unpaired) electrons. The number of likely N-dealkylation sites (N-methyl/N-ethyl adjacent to an activating group) is 1. The number of anilines is 2. The van der Waals surface area contributed by atoms with Crippen LogP contribution in [0.3, 0.4) is 0 Å². The zero-order valence-electron chi connectivity index (χ0n) is 27.0. The Morgan fingerprint density at radius 1 is 0.936 bits per heavy atom. The fourth-order valence-corrected chi connectivity index (χ4v) is 6.59. The van der Waals surface area contributed by atoms with Crippen LogP contribution in [0.4, 0.5) is 11.4 Å². The van der Waals surface area contributed by atoms with Gasteiger partial charge in [-0.15, -0.1) is 0 Å². The Labute approximate surface area is 292 Å². The van der Waals surface area contributed by atoms with E-state index in [1.165, 1.54) is 0 Å². The summed E-state index contributed by atoms with van der Waals surface area (Å²) in [4.78, 5) is 43.2. The van der Waals surface area contributed by atoms with Gasteiger partial charge in [0.05, 0.1) is 17.6 Å². The molecule has 0 saturated carbocycles. The molecule has 0 saturated heterocycles. The van der Waals surface area contributed by atoms with Gasteiger partial charge >= 0.3 is 0 Å². The van der Waals surface area contributed by atoms with Gasteiger partial charge in [0.2, 0.25) is 5.91 Å². The van der Waals surface area contributed by atoms with E-state index >= 15 is 0 Å². The first-order valence-electron chi connectivity index (χ1n) is 15.8. The Balaban J connectivity index is 0.000000330. The van der Waals surface area contributed by atoms with Crippen molar-refractivity contribution in [1.29, 1.82) is 0 Å². The first-order valence-corrected chi connectivity index (χ1v) is 17.4. The van der Waals surface area contributed by atoms with Gasteiger partial charge in [-0.25, -0.2) is 0 Å². The van der Waals surface area contributed by atoms with Crippen molar-refractivity contribution < 1.29 is 14.4 Å². The zero-order chi connectivity index (χ0) is 33.7. The number of benzene rings is 3. The Morgan fingerprint density at radius 2 is 1.62 bits per heavy atom. The minimum absolute atomic E-state index is 0.0816. The van der Waals surface area contributed by atoms with Crippen LogP contribution in [-0.4, -0.2) is 53.8 Å². The minimum Gasteiger partial charge on any atom is -0.357 e. The molecule has 1 aromatic heterocycles. The summed E-state index contributed by atoms with van der Waals surface area (Å²) in [5.41, 5.74) is 8.16. The summed E-state index contributed by atoms with van der Waals surface area (Å²) in [5.74, 6) is -0.0993. The fourth-order valence-electron chi connectivity index (χ4n) is 5.82. The van der Waals surface area contributed by atoms with E-state index < -0.39 is 0 Å². The molecule has 4 N–H and O–H groups in total. The normalized spacial score (nSPS) is 14.1. The van der Waals surface area contributed by atoms with Crippen molar-refractivity contribution in [3.63, 3.8) is 0 Å². The monoisotopic (exact) mass is 759 g/mol. The molecule has 8 nitrogen and oxygen atoms in total. The Kier molecular flexibility index (Phi) is 11.2. The second-order valence-electron chi connectivity index (χ2n) is 11.7. The Morgan fingerprint density at radius 3 is 2.30 bits per heavy atom. The largest absolute Gasteiger partial charge is 0.357 e. The van der Waals surface area contributed by atoms with Crippen molar-refractivity contribution >= 4 is 72.6 Å². The van der Waals surface area contributed by atoms with Gasteiger partial charge in [0, 0.05) is 55.9 Å². The zero-order valence-corrected chi connectivity index (χ0v) is 30.1. The van der Waals surface area contributed by atoms with Crippen LogP contribution in [0.15, 0.2) is 75.7 Å². The van der Waals surface area contributed by atoms with E-state index in [9.17, 15) is 14.4 Å². The topological polar surface area (TPSA) is 106 Å². The number of halogens is 2. The van der Waals surface area contributed by atoms with E-state index in [-0.39, 0.29) is 23.6 Å². The van der Waals surface area contributed by atoms with Crippen LogP contribution in [0.25, 0.3) is 22.8 Å².